The third-order valence-corrected chi connectivity index (χ3v) is 5.68. The van der Waals surface area contributed by atoms with Crippen LogP contribution in [0.3, 0.4) is 0 Å². The van der Waals surface area contributed by atoms with Crippen molar-refractivity contribution >= 4 is 64.6 Å². The van der Waals surface area contributed by atoms with Crippen LogP contribution < -0.4 is 0 Å². The molecule has 1 nitrogen and oxygen atoms in total. The van der Waals surface area contributed by atoms with Gasteiger partial charge >= 0.3 is 0 Å². The zero-order valence-corrected chi connectivity index (χ0v) is 14.5. The predicted molar refractivity (Wildman–Crippen MR) is 93.6 cm³/mol. The number of halogens is 3. The first kappa shape index (κ1) is 16.8. The largest absolute Gasteiger partial charge is 0.297 e. The van der Waals surface area contributed by atoms with Crippen LogP contribution in [0.25, 0.3) is 0 Å². The molecule has 6 heteroatoms. The summed E-state index contributed by atoms with van der Waals surface area (Å²) in [5, 5.41) is 1.50. The number of rotatable bonds is 5. The van der Waals surface area contributed by atoms with Crippen LogP contribution >= 0.6 is 58.3 Å². The van der Waals surface area contributed by atoms with Gasteiger partial charge in [-0.05, 0) is 48.5 Å². The molecule has 0 fully saturated rings. The Hall–Kier alpha value is -0.580. The molecule has 0 spiro atoms. The van der Waals surface area contributed by atoms with Crippen LogP contribution in [-0.4, -0.2) is 6.29 Å². The number of allylic oxidation sites excluding steroid dienone is 1. The monoisotopic (exact) mass is 374 g/mol. The molecule has 0 amide bonds. The van der Waals surface area contributed by atoms with E-state index in [9.17, 15) is 4.79 Å². The van der Waals surface area contributed by atoms with E-state index >= 15 is 0 Å². The molecule has 0 bridgehead atoms. The van der Waals surface area contributed by atoms with E-state index in [1.807, 2.05) is 24.3 Å². The first-order valence-corrected chi connectivity index (χ1v) is 8.57. The van der Waals surface area contributed by atoms with Crippen LogP contribution in [0.5, 0.6) is 0 Å². The summed E-state index contributed by atoms with van der Waals surface area (Å²) in [6.07, 6.45) is 0.642. The fourth-order valence-electron chi connectivity index (χ4n) is 1.39. The molecular weight excluding hydrogens is 367 g/mol. The molecule has 108 valence electrons. The average Bonchev–Trinajstić information content (AvgIpc) is 2.50. The maximum absolute atomic E-state index is 11.0. The predicted octanol–water partition coefficient (Wildman–Crippen LogP) is 6.48. The van der Waals surface area contributed by atoms with Gasteiger partial charge < -0.3 is 0 Å². The van der Waals surface area contributed by atoms with Crippen molar-refractivity contribution in [3.8, 4) is 0 Å². The van der Waals surface area contributed by atoms with Crippen LogP contribution in [0, 0.1) is 0 Å². The highest BCUT2D eigenvalue weighted by Gasteiger charge is 2.09. The van der Waals surface area contributed by atoms with Crippen molar-refractivity contribution in [3.05, 3.63) is 67.8 Å². The molecule has 0 aliphatic carbocycles. The van der Waals surface area contributed by atoms with Crippen molar-refractivity contribution in [2.75, 3.05) is 0 Å². The van der Waals surface area contributed by atoms with E-state index in [1.54, 1.807) is 24.3 Å². The van der Waals surface area contributed by atoms with Gasteiger partial charge in [-0.25, -0.2) is 0 Å². The number of hydrogen-bond donors (Lipinski definition) is 0. The molecule has 21 heavy (non-hydrogen) atoms. The Labute approximate surface area is 146 Å². The number of carbonyl (C=O) groups excluding carboxylic acids is 1. The van der Waals surface area contributed by atoms with Crippen LogP contribution in [-0.2, 0) is 4.79 Å². The molecule has 2 aromatic rings. The molecule has 0 saturated carbocycles. The van der Waals surface area contributed by atoms with Gasteiger partial charge in [-0.1, -0.05) is 58.3 Å². The lowest BCUT2D eigenvalue weighted by Gasteiger charge is -2.08. The zero-order chi connectivity index (χ0) is 15.2. The van der Waals surface area contributed by atoms with Gasteiger partial charge in [0, 0.05) is 19.8 Å². The van der Waals surface area contributed by atoms with Crippen LogP contribution in [0.2, 0.25) is 10.0 Å². The molecule has 0 aliphatic rings. The molecule has 2 aromatic carbocycles. The lowest BCUT2D eigenvalue weighted by atomic mass is 10.4. The van der Waals surface area contributed by atoms with Crippen molar-refractivity contribution in [2.24, 2.45) is 0 Å². The van der Waals surface area contributed by atoms with E-state index in [4.69, 9.17) is 34.8 Å². The number of thioether (sulfide) groups is 2. The van der Waals surface area contributed by atoms with Gasteiger partial charge in [-0.2, -0.15) is 0 Å². The molecule has 0 atom stereocenters. The molecule has 0 heterocycles. The highest BCUT2D eigenvalue weighted by Crippen LogP contribution is 2.42. The summed E-state index contributed by atoms with van der Waals surface area (Å²) in [5.74, 6) is 0. The third kappa shape index (κ3) is 5.28. The maximum Gasteiger partial charge on any atom is 0.163 e. The van der Waals surface area contributed by atoms with E-state index in [1.165, 1.54) is 23.5 Å². The third-order valence-electron chi connectivity index (χ3n) is 2.35. The Morgan fingerprint density at radius 3 is 1.52 bits per heavy atom. The van der Waals surface area contributed by atoms with E-state index < -0.39 is 0 Å². The van der Waals surface area contributed by atoms with Crippen LogP contribution in [0.1, 0.15) is 0 Å². The molecule has 0 radical (unpaired) electrons. The summed E-state index contributed by atoms with van der Waals surface area (Å²) in [4.78, 5) is 12.9. The van der Waals surface area contributed by atoms with Gasteiger partial charge in [0.2, 0.25) is 0 Å². The average molecular weight is 376 g/mol. The van der Waals surface area contributed by atoms with Crippen LogP contribution in [0.15, 0.2) is 67.6 Å². The van der Waals surface area contributed by atoms with Crippen molar-refractivity contribution < 1.29 is 4.79 Å². The smallest absolute Gasteiger partial charge is 0.163 e. The molecule has 0 aromatic heterocycles. The van der Waals surface area contributed by atoms with Crippen molar-refractivity contribution in [3.63, 3.8) is 0 Å². The topological polar surface area (TPSA) is 17.1 Å². The molecule has 0 unspecified atom stereocenters. The number of carbonyl (C=O) groups is 1. The second-order valence-electron chi connectivity index (χ2n) is 3.87. The molecule has 0 saturated heterocycles. The number of aldehydes is 1. The molecule has 0 N–H and O–H groups in total. The second-order valence-corrected chi connectivity index (χ2v) is 7.57. The molecule has 2 rings (SSSR count). The van der Waals surface area contributed by atoms with Gasteiger partial charge in [0.1, 0.15) is 5.03 Å². The normalized spacial score (nSPS) is 10.2. The minimum absolute atomic E-state index is 0.176. The van der Waals surface area contributed by atoms with Crippen molar-refractivity contribution in [1.29, 1.82) is 0 Å². The van der Waals surface area contributed by atoms with E-state index in [-0.39, 0.29) is 5.03 Å². The van der Waals surface area contributed by atoms with E-state index in [0.717, 1.165) is 9.79 Å². The SMILES string of the molecule is O=CC(Cl)=C(Sc1ccc(Cl)cc1)Sc1ccc(Cl)cc1. The fraction of sp³-hybridized carbons (Fsp3) is 0. The molecule has 0 aliphatic heterocycles. The minimum atomic E-state index is 0.176. The highest BCUT2D eigenvalue weighted by atomic mass is 35.5. The molecular formula is C15H9Cl3OS2. The van der Waals surface area contributed by atoms with Gasteiger partial charge in [0.05, 0.1) is 4.24 Å². The van der Waals surface area contributed by atoms with Gasteiger partial charge in [-0.3, -0.25) is 4.79 Å². The minimum Gasteiger partial charge on any atom is -0.297 e. The van der Waals surface area contributed by atoms with Gasteiger partial charge in [0.15, 0.2) is 6.29 Å². The Morgan fingerprint density at radius 2 is 1.19 bits per heavy atom. The second kappa shape index (κ2) is 8.16. The Bertz CT molecular complexity index is 602. The van der Waals surface area contributed by atoms with Crippen molar-refractivity contribution in [2.45, 2.75) is 9.79 Å². The van der Waals surface area contributed by atoms with Crippen molar-refractivity contribution in [1.82, 2.24) is 0 Å². The Balaban J connectivity index is 2.21. The summed E-state index contributed by atoms with van der Waals surface area (Å²) < 4.78 is 0.705. The maximum atomic E-state index is 11.0. The van der Waals surface area contributed by atoms with E-state index in [0.29, 0.717) is 20.6 Å². The summed E-state index contributed by atoms with van der Waals surface area (Å²) >= 11 is 20.6. The first-order chi connectivity index (χ1) is 10.1. The van der Waals surface area contributed by atoms with Gasteiger partial charge in [0.25, 0.3) is 0 Å². The zero-order valence-electron chi connectivity index (χ0n) is 10.6. The number of benzene rings is 2. The summed E-state index contributed by atoms with van der Waals surface area (Å²) in [5.41, 5.74) is 0. The Kier molecular flexibility index (Phi) is 6.52. The van der Waals surface area contributed by atoms with Crippen LogP contribution in [0.4, 0.5) is 0 Å². The Morgan fingerprint density at radius 1 is 0.810 bits per heavy atom. The fourth-order valence-corrected chi connectivity index (χ4v) is 3.88. The van der Waals surface area contributed by atoms with E-state index in [2.05, 4.69) is 0 Å². The summed E-state index contributed by atoms with van der Waals surface area (Å²) in [6.45, 7) is 0. The lowest BCUT2D eigenvalue weighted by Crippen LogP contribution is -1.82. The lowest BCUT2D eigenvalue weighted by molar-refractivity contribution is -0.104. The van der Waals surface area contributed by atoms with Gasteiger partial charge in [-0.15, -0.1) is 0 Å². The quantitative estimate of drug-likeness (QED) is 0.338. The standard InChI is InChI=1S/C15H9Cl3OS2/c16-10-1-5-12(6-2-10)20-15(14(18)9-19)21-13-7-3-11(17)4-8-13/h1-9H. The first-order valence-electron chi connectivity index (χ1n) is 5.80. The highest BCUT2D eigenvalue weighted by molar-refractivity contribution is 8.22. The summed E-state index contributed by atoms with van der Waals surface area (Å²) in [7, 11) is 0. The summed E-state index contributed by atoms with van der Waals surface area (Å²) in [6, 6.07) is 14.7. The number of hydrogen-bond acceptors (Lipinski definition) is 3.